The van der Waals surface area contributed by atoms with Crippen LogP contribution in [0.1, 0.15) is 44.2 Å². The molecular weight excluding hydrogens is 443 g/mol. The first kappa shape index (κ1) is 24.6. The number of benzene rings is 2. The van der Waals surface area contributed by atoms with Crippen molar-refractivity contribution in [2.24, 2.45) is 11.8 Å². The van der Waals surface area contributed by atoms with Gasteiger partial charge in [0, 0.05) is 42.7 Å². The zero-order valence-electron chi connectivity index (χ0n) is 20.8. The van der Waals surface area contributed by atoms with Crippen molar-refractivity contribution in [2.45, 2.75) is 47.0 Å². The van der Waals surface area contributed by atoms with Crippen molar-refractivity contribution < 1.29 is 14.0 Å². The average molecular weight is 477 g/mol. The number of aromatic nitrogens is 1. The Hall–Kier alpha value is -3.48. The van der Waals surface area contributed by atoms with Crippen LogP contribution in [0.4, 0.5) is 21.6 Å². The van der Waals surface area contributed by atoms with Crippen molar-refractivity contribution in [1.82, 2.24) is 4.98 Å². The van der Waals surface area contributed by atoms with E-state index >= 15 is 0 Å². The second-order valence-corrected chi connectivity index (χ2v) is 9.94. The molecule has 0 spiro atoms. The molecule has 2 heterocycles. The molecule has 1 saturated heterocycles. The summed E-state index contributed by atoms with van der Waals surface area (Å²) in [6.45, 7) is 10.3. The number of carbonyl (C=O) groups is 2. The minimum Gasteiger partial charge on any atom is -0.356 e. The molecule has 1 fully saturated rings. The second kappa shape index (κ2) is 10.4. The molecule has 0 radical (unpaired) electrons. The maximum Gasteiger partial charge on any atom is 0.224 e. The number of hydrogen-bond donors (Lipinski definition) is 2. The number of nitrogens with one attached hydrogen (secondary N) is 2. The first-order valence-electron chi connectivity index (χ1n) is 12.2. The Balaban J connectivity index is 1.37. The van der Waals surface area contributed by atoms with Gasteiger partial charge in [-0.25, -0.2) is 9.37 Å². The van der Waals surface area contributed by atoms with E-state index in [0.29, 0.717) is 28.8 Å². The van der Waals surface area contributed by atoms with Gasteiger partial charge in [-0.2, -0.15) is 0 Å². The van der Waals surface area contributed by atoms with Gasteiger partial charge in [0.25, 0.3) is 0 Å². The van der Waals surface area contributed by atoms with E-state index in [1.165, 1.54) is 12.5 Å². The lowest BCUT2D eigenvalue weighted by Gasteiger charge is -2.36. The Bertz CT molecular complexity index is 1250. The number of nitrogens with zero attached hydrogens (tertiary/aromatic N) is 2. The molecule has 2 aromatic carbocycles. The summed E-state index contributed by atoms with van der Waals surface area (Å²) < 4.78 is 13.7. The summed E-state index contributed by atoms with van der Waals surface area (Å²) >= 11 is 0. The van der Waals surface area contributed by atoms with Gasteiger partial charge < -0.3 is 15.5 Å². The molecule has 2 atom stereocenters. The molecule has 4 rings (SSSR count). The Morgan fingerprint density at radius 2 is 1.51 bits per heavy atom. The highest BCUT2D eigenvalue weighted by atomic mass is 19.1. The van der Waals surface area contributed by atoms with Crippen molar-refractivity contribution >= 4 is 39.9 Å². The molecule has 1 aliphatic rings. The highest BCUT2D eigenvalue weighted by Crippen LogP contribution is 2.29. The fourth-order valence-electron chi connectivity index (χ4n) is 4.81. The minimum absolute atomic E-state index is 0.00549. The number of piperidine rings is 1. The molecule has 3 aromatic rings. The van der Waals surface area contributed by atoms with Gasteiger partial charge in [-0.15, -0.1) is 0 Å². The fraction of sp³-hybridized carbons (Fsp3) is 0.393. The average Bonchev–Trinajstić information content (AvgIpc) is 2.80. The zero-order valence-corrected chi connectivity index (χ0v) is 20.8. The van der Waals surface area contributed by atoms with Gasteiger partial charge in [-0.05, 0) is 79.6 Å². The van der Waals surface area contributed by atoms with Gasteiger partial charge in [-0.1, -0.05) is 19.9 Å². The summed E-state index contributed by atoms with van der Waals surface area (Å²) in [5.74, 6) is 1.32. The predicted octanol–water partition coefficient (Wildman–Crippen LogP) is 5.83. The van der Waals surface area contributed by atoms with Crippen molar-refractivity contribution in [3.8, 4) is 0 Å². The summed E-state index contributed by atoms with van der Waals surface area (Å²) in [4.78, 5) is 31.9. The molecule has 2 amide bonds. The third-order valence-electron chi connectivity index (χ3n) is 6.51. The summed E-state index contributed by atoms with van der Waals surface area (Å²) in [6.07, 6.45) is 1.28. The maximum atomic E-state index is 13.7. The number of pyridine rings is 1. The van der Waals surface area contributed by atoms with Crippen LogP contribution in [0.25, 0.3) is 10.9 Å². The van der Waals surface area contributed by atoms with Gasteiger partial charge in [0.1, 0.15) is 11.6 Å². The molecule has 35 heavy (non-hydrogen) atoms. The Morgan fingerprint density at radius 1 is 0.914 bits per heavy atom. The summed E-state index contributed by atoms with van der Waals surface area (Å²) in [5.41, 5.74) is 3.56. The lowest BCUT2D eigenvalue weighted by molar-refractivity contribution is -0.121. The number of fused-ring (bicyclic) bond motifs is 1. The van der Waals surface area contributed by atoms with Crippen LogP contribution in [0.2, 0.25) is 0 Å². The van der Waals surface area contributed by atoms with Crippen molar-refractivity contribution in [2.75, 3.05) is 28.6 Å². The number of anilines is 3. The quantitative estimate of drug-likeness (QED) is 0.469. The lowest BCUT2D eigenvalue weighted by atomic mass is 9.92. The molecule has 0 aliphatic carbocycles. The molecule has 6 nitrogen and oxygen atoms in total. The van der Waals surface area contributed by atoms with E-state index in [4.69, 9.17) is 4.98 Å². The Morgan fingerprint density at radius 3 is 2.14 bits per heavy atom. The van der Waals surface area contributed by atoms with Crippen LogP contribution >= 0.6 is 0 Å². The van der Waals surface area contributed by atoms with Crippen LogP contribution in [-0.2, 0) is 9.59 Å². The second-order valence-electron chi connectivity index (χ2n) is 9.94. The van der Waals surface area contributed by atoms with Crippen LogP contribution in [0, 0.1) is 31.5 Å². The molecule has 0 saturated carbocycles. The van der Waals surface area contributed by atoms with Gasteiger partial charge in [-0.3, -0.25) is 9.59 Å². The highest BCUT2D eigenvalue weighted by Gasteiger charge is 2.23. The van der Waals surface area contributed by atoms with Crippen LogP contribution in [0.15, 0.2) is 42.5 Å². The number of aryl methyl sites for hydroxylation is 2. The minimum atomic E-state index is -0.381. The summed E-state index contributed by atoms with van der Waals surface area (Å²) in [7, 11) is 0. The molecular formula is C28H33FN4O2. The van der Waals surface area contributed by atoms with Gasteiger partial charge in [0.2, 0.25) is 11.8 Å². The summed E-state index contributed by atoms with van der Waals surface area (Å²) in [6, 6.07) is 12.3. The molecule has 2 unspecified atom stereocenters. The van der Waals surface area contributed by atoms with Gasteiger partial charge in [0.05, 0.1) is 5.52 Å². The molecule has 2 N–H and O–H groups in total. The van der Waals surface area contributed by atoms with Gasteiger partial charge >= 0.3 is 0 Å². The smallest absolute Gasteiger partial charge is 0.224 e. The maximum absolute atomic E-state index is 13.7. The predicted molar refractivity (Wildman–Crippen MR) is 139 cm³/mol. The monoisotopic (exact) mass is 476 g/mol. The summed E-state index contributed by atoms with van der Waals surface area (Å²) in [5, 5.41) is 6.49. The number of halogens is 1. The number of amides is 2. The molecule has 7 heteroatoms. The largest absolute Gasteiger partial charge is 0.356 e. The van der Waals surface area contributed by atoms with Gasteiger partial charge in [0.15, 0.2) is 0 Å². The van der Waals surface area contributed by atoms with Crippen LogP contribution in [0.3, 0.4) is 0 Å². The number of carbonyl (C=O) groups excluding carboxylic acids is 2. The fourth-order valence-corrected chi connectivity index (χ4v) is 4.81. The first-order valence-corrected chi connectivity index (χ1v) is 12.2. The van der Waals surface area contributed by atoms with E-state index in [2.05, 4.69) is 42.4 Å². The number of rotatable bonds is 6. The third kappa shape index (κ3) is 6.15. The van der Waals surface area contributed by atoms with Crippen molar-refractivity contribution in [3.63, 3.8) is 0 Å². The first-order chi connectivity index (χ1) is 16.7. The lowest BCUT2D eigenvalue weighted by Crippen LogP contribution is -2.39. The van der Waals surface area contributed by atoms with E-state index in [0.717, 1.165) is 35.4 Å². The third-order valence-corrected chi connectivity index (χ3v) is 6.51. The molecule has 184 valence electrons. The molecule has 0 bridgehead atoms. The van der Waals surface area contributed by atoms with Crippen molar-refractivity contribution in [3.05, 3.63) is 59.4 Å². The molecule has 1 aliphatic heterocycles. The standard InChI is InChI=1S/C28H33FN4O2/c1-17-11-18(2)16-33(15-17)26-12-20(4)23-13-21(7-8-25(23)32-26)30-27(34)9-10-28(35)31-22-6-5-19(3)24(29)14-22/h5-8,12-14,17-18H,9-11,15-16H2,1-4H3,(H,30,34)(H,31,35). The zero-order chi connectivity index (χ0) is 25.1. The number of hydrogen-bond acceptors (Lipinski definition) is 4. The normalized spacial score (nSPS) is 17.9. The Labute approximate surface area is 205 Å². The molecule has 1 aromatic heterocycles. The van der Waals surface area contributed by atoms with E-state index in [-0.39, 0.29) is 30.5 Å². The topological polar surface area (TPSA) is 74.3 Å². The van der Waals surface area contributed by atoms with Crippen LogP contribution < -0.4 is 15.5 Å². The van der Waals surface area contributed by atoms with Crippen LogP contribution in [-0.4, -0.2) is 29.9 Å². The SMILES string of the molecule is Cc1ccc(NC(=O)CCC(=O)Nc2ccc3nc(N4CC(C)CC(C)C4)cc(C)c3c2)cc1F. The van der Waals surface area contributed by atoms with E-state index in [9.17, 15) is 14.0 Å². The van der Waals surface area contributed by atoms with E-state index < -0.39 is 0 Å². The Kier molecular flexibility index (Phi) is 7.34. The van der Waals surface area contributed by atoms with E-state index in [1.54, 1.807) is 19.1 Å². The van der Waals surface area contributed by atoms with Crippen LogP contribution in [0.5, 0.6) is 0 Å². The van der Waals surface area contributed by atoms with E-state index in [1.807, 2.05) is 18.2 Å². The van der Waals surface area contributed by atoms with Crippen molar-refractivity contribution in [1.29, 1.82) is 0 Å². The highest BCUT2D eigenvalue weighted by molar-refractivity contribution is 5.98.